The van der Waals surface area contributed by atoms with Gasteiger partial charge >= 0.3 is 5.69 Å². The first-order valence-corrected chi connectivity index (χ1v) is 8.51. The number of aromatic nitrogens is 3. The van der Waals surface area contributed by atoms with Gasteiger partial charge in [0.1, 0.15) is 11.3 Å². The summed E-state index contributed by atoms with van der Waals surface area (Å²) in [4.78, 5) is 17.4. The molecule has 0 unspecified atom stereocenters. The molecule has 0 aliphatic carbocycles. The Morgan fingerprint density at radius 1 is 1.04 bits per heavy atom. The number of benzene rings is 2. The fraction of sp³-hybridized carbons (Fsp3) is 0.100. The average molecular weight is 366 g/mol. The molecule has 0 radical (unpaired) electrons. The van der Waals surface area contributed by atoms with Crippen LogP contribution < -0.4 is 10.4 Å². The second-order valence-electron chi connectivity index (χ2n) is 5.86. The summed E-state index contributed by atoms with van der Waals surface area (Å²) in [5.74, 6) is 0.731. The molecule has 0 aliphatic rings. The van der Waals surface area contributed by atoms with Crippen LogP contribution in [-0.2, 0) is 6.54 Å². The van der Waals surface area contributed by atoms with E-state index in [2.05, 4.69) is 4.98 Å². The number of ether oxygens (including phenoxy) is 1. The van der Waals surface area contributed by atoms with Gasteiger partial charge in [-0.1, -0.05) is 41.9 Å². The molecule has 4 aromatic rings. The fourth-order valence-corrected chi connectivity index (χ4v) is 3.32. The fourth-order valence-electron chi connectivity index (χ4n) is 3.06. The molecule has 0 aliphatic heterocycles. The second kappa shape index (κ2) is 6.69. The number of halogens is 1. The Morgan fingerprint density at radius 3 is 2.46 bits per heavy atom. The predicted octanol–water partition coefficient (Wildman–Crippen LogP) is 3.90. The Kier molecular flexibility index (Phi) is 4.22. The van der Waals surface area contributed by atoms with E-state index in [1.54, 1.807) is 28.5 Å². The molecule has 0 saturated heterocycles. The molecule has 2 heterocycles. The molecule has 5 nitrogen and oxygen atoms in total. The molecule has 26 heavy (non-hydrogen) atoms. The first-order chi connectivity index (χ1) is 12.7. The minimum atomic E-state index is -0.163. The highest BCUT2D eigenvalue weighted by molar-refractivity contribution is 6.33. The van der Waals surface area contributed by atoms with Crippen LogP contribution in [0.5, 0.6) is 5.75 Å². The van der Waals surface area contributed by atoms with Crippen LogP contribution in [0.25, 0.3) is 16.7 Å². The smallest absolute Gasteiger partial charge is 0.334 e. The van der Waals surface area contributed by atoms with Crippen molar-refractivity contribution in [1.29, 1.82) is 0 Å². The zero-order chi connectivity index (χ0) is 18.1. The standard InChI is InChI=1S/C20H16ClN3O2/c1-26-16-9-7-15(8-10-16)24-17-11-12-22-19(21)18(17)23(20(24)25)13-14-5-3-2-4-6-14/h2-12H,13H2,1H3. The number of hydrogen-bond acceptors (Lipinski definition) is 3. The summed E-state index contributed by atoms with van der Waals surface area (Å²) >= 11 is 6.34. The van der Waals surface area contributed by atoms with Gasteiger partial charge in [-0.3, -0.25) is 9.13 Å². The van der Waals surface area contributed by atoms with E-state index in [1.807, 2.05) is 54.6 Å². The zero-order valence-electron chi connectivity index (χ0n) is 14.1. The summed E-state index contributed by atoms with van der Waals surface area (Å²) in [7, 11) is 1.61. The van der Waals surface area contributed by atoms with Crippen LogP contribution >= 0.6 is 11.6 Å². The number of nitrogens with zero attached hydrogens (tertiary/aromatic N) is 3. The monoisotopic (exact) mass is 365 g/mol. The van der Waals surface area contributed by atoms with Crippen molar-refractivity contribution in [2.45, 2.75) is 6.54 Å². The lowest BCUT2D eigenvalue weighted by Gasteiger charge is -2.05. The van der Waals surface area contributed by atoms with Crippen molar-refractivity contribution in [2.24, 2.45) is 0 Å². The number of hydrogen-bond donors (Lipinski definition) is 0. The van der Waals surface area contributed by atoms with Crippen LogP contribution in [0.4, 0.5) is 0 Å². The van der Waals surface area contributed by atoms with Crippen LogP contribution in [0.1, 0.15) is 5.56 Å². The maximum absolute atomic E-state index is 13.2. The number of rotatable bonds is 4. The number of pyridine rings is 1. The topological polar surface area (TPSA) is 49.0 Å². The minimum absolute atomic E-state index is 0.163. The maximum Gasteiger partial charge on any atom is 0.334 e. The maximum atomic E-state index is 13.2. The van der Waals surface area contributed by atoms with Gasteiger partial charge in [0.15, 0.2) is 5.15 Å². The summed E-state index contributed by atoms with van der Waals surface area (Å²) in [6, 6.07) is 18.9. The Labute approximate surface area is 155 Å². The lowest BCUT2D eigenvalue weighted by Crippen LogP contribution is -2.23. The number of methoxy groups -OCH3 is 1. The largest absolute Gasteiger partial charge is 0.497 e. The predicted molar refractivity (Wildman–Crippen MR) is 102 cm³/mol. The normalized spacial score (nSPS) is 11.0. The SMILES string of the molecule is COc1ccc(-n2c(=O)n(Cc3ccccc3)c3c(Cl)nccc32)cc1. The molecule has 0 N–H and O–H groups in total. The van der Waals surface area contributed by atoms with Crippen LogP contribution in [-0.4, -0.2) is 21.2 Å². The van der Waals surface area contributed by atoms with Crippen molar-refractivity contribution in [3.8, 4) is 11.4 Å². The summed E-state index contributed by atoms with van der Waals surface area (Å²) in [6.07, 6.45) is 1.61. The third kappa shape index (κ3) is 2.76. The van der Waals surface area contributed by atoms with Gasteiger partial charge in [-0.25, -0.2) is 9.78 Å². The lowest BCUT2D eigenvalue weighted by atomic mass is 10.2. The molecule has 130 valence electrons. The van der Waals surface area contributed by atoms with Crippen LogP contribution in [0, 0.1) is 0 Å². The van der Waals surface area contributed by atoms with Gasteiger partial charge in [0, 0.05) is 6.20 Å². The molecule has 4 rings (SSSR count). The van der Waals surface area contributed by atoms with Gasteiger partial charge in [0.2, 0.25) is 0 Å². The summed E-state index contributed by atoms with van der Waals surface area (Å²) in [5.41, 5.74) is 2.94. The quantitative estimate of drug-likeness (QED) is 0.515. The lowest BCUT2D eigenvalue weighted by molar-refractivity contribution is 0.414. The van der Waals surface area contributed by atoms with E-state index in [0.717, 1.165) is 22.5 Å². The van der Waals surface area contributed by atoms with E-state index >= 15 is 0 Å². The molecule has 2 aromatic carbocycles. The van der Waals surface area contributed by atoms with Gasteiger partial charge in [0.25, 0.3) is 0 Å². The van der Waals surface area contributed by atoms with Crippen molar-refractivity contribution < 1.29 is 4.74 Å². The Hall–Kier alpha value is -3.05. The van der Waals surface area contributed by atoms with Crippen LogP contribution in [0.2, 0.25) is 5.15 Å². The highest BCUT2D eigenvalue weighted by atomic mass is 35.5. The van der Waals surface area contributed by atoms with Crippen molar-refractivity contribution >= 4 is 22.6 Å². The first-order valence-electron chi connectivity index (χ1n) is 8.13. The van der Waals surface area contributed by atoms with E-state index in [9.17, 15) is 4.79 Å². The minimum Gasteiger partial charge on any atom is -0.497 e. The highest BCUT2D eigenvalue weighted by Crippen LogP contribution is 2.24. The van der Waals surface area contributed by atoms with E-state index in [1.165, 1.54) is 0 Å². The molecule has 2 aromatic heterocycles. The molecule has 0 saturated carbocycles. The molecular formula is C20H16ClN3O2. The van der Waals surface area contributed by atoms with Crippen molar-refractivity contribution in [2.75, 3.05) is 7.11 Å². The van der Waals surface area contributed by atoms with Crippen molar-refractivity contribution in [3.63, 3.8) is 0 Å². The summed E-state index contributed by atoms with van der Waals surface area (Å²) in [5, 5.41) is 0.308. The molecule has 0 spiro atoms. The number of imidazole rings is 1. The van der Waals surface area contributed by atoms with Crippen molar-refractivity contribution in [3.05, 3.63) is 88.1 Å². The van der Waals surface area contributed by atoms with Gasteiger partial charge in [-0.05, 0) is 35.9 Å². The summed E-state index contributed by atoms with van der Waals surface area (Å²) < 4.78 is 8.50. The Bertz CT molecular complexity index is 1120. The number of fused-ring (bicyclic) bond motifs is 1. The summed E-state index contributed by atoms with van der Waals surface area (Å²) in [6.45, 7) is 0.421. The van der Waals surface area contributed by atoms with Gasteiger partial charge in [-0.2, -0.15) is 0 Å². The van der Waals surface area contributed by atoms with Gasteiger partial charge in [-0.15, -0.1) is 0 Å². The first kappa shape index (κ1) is 16.4. The Morgan fingerprint density at radius 2 is 1.77 bits per heavy atom. The molecular weight excluding hydrogens is 350 g/mol. The van der Waals surface area contributed by atoms with E-state index in [4.69, 9.17) is 16.3 Å². The van der Waals surface area contributed by atoms with Crippen LogP contribution in [0.15, 0.2) is 71.7 Å². The van der Waals surface area contributed by atoms with E-state index in [0.29, 0.717) is 17.2 Å². The molecule has 0 bridgehead atoms. The zero-order valence-corrected chi connectivity index (χ0v) is 14.8. The van der Waals surface area contributed by atoms with Crippen molar-refractivity contribution in [1.82, 2.24) is 14.1 Å². The molecule has 0 amide bonds. The van der Waals surface area contributed by atoms with Gasteiger partial charge < -0.3 is 4.74 Å². The van der Waals surface area contributed by atoms with E-state index in [-0.39, 0.29) is 5.69 Å². The molecule has 0 atom stereocenters. The Balaban J connectivity index is 1.95. The third-order valence-corrected chi connectivity index (χ3v) is 4.58. The third-order valence-electron chi connectivity index (χ3n) is 4.31. The molecule has 6 heteroatoms. The van der Waals surface area contributed by atoms with Crippen LogP contribution in [0.3, 0.4) is 0 Å². The van der Waals surface area contributed by atoms with Gasteiger partial charge in [0.05, 0.1) is 24.9 Å². The molecule has 0 fully saturated rings. The second-order valence-corrected chi connectivity index (χ2v) is 6.22. The van der Waals surface area contributed by atoms with E-state index < -0.39 is 0 Å². The highest BCUT2D eigenvalue weighted by Gasteiger charge is 2.18. The average Bonchev–Trinajstić information content (AvgIpc) is 2.96.